The van der Waals surface area contributed by atoms with E-state index in [2.05, 4.69) is 26.8 Å². The fourth-order valence-corrected chi connectivity index (χ4v) is 8.71. The Balaban J connectivity index is 1.25. The van der Waals surface area contributed by atoms with Crippen molar-refractivity contribution in [1.82, 2.24) is 23.7 Å². The van der Waals surface area contributed by atoms with E-state index >= 15 is 8.78 Å². The highest BCUT2D eigenvalue weighted by Crippen LogP contribution is 2.47. The number of benzene rings is 6. The van der Waals surface area contributed by atoms with E-state index in [1.807, 2.05) is 57.4 Å². The van der Waals surface area contributed by atoms with Crippen molar-refractivity contribution in [2.45, 2.75) is 72.1 Å². The Bertz CT molecular complexity index is 3890. The van der Waals surface area contributed by atoms with E-state index in [1.165, 1.54) is 47.0 Å². The number of hydrogen-bond donors (Lipinski definition) is 0. The third-order valence-electron chi connectivity index (χ3n) is 12.0. The Labute approximate surface area is 393 Å². The standard InChI is InChI=1S/C58H51F2N5/c1-37-30-49-48-27-26-42(34-52(48)65(54(49)38(2)62-37)53-35-41(28-29-61-53)56(3,4)5)58(59,60)44-31-43(57(6,7)8)32-45(33-44)63-36-64(51-25-16-15-24-50(51)63)55-46(39-18-11-9-12-19-39)22-17-23-47(55)40-20-13-10-14-21-40/h9-35H,1-8H3/q+2/i9D,10D,11D,12D,13D,14D,18D,19D,20D,21D. The van der Waals surface area contributed by atoms with Gasteiger partial charge in [0.05, 0.1) is 41.6 Å². The lowest BCUT2D eigenvalue weighted by atomic mass is 9.84. The Kier molecular flexibility index (Phi) is 7.48. The SMILES string of the molecule is [2H]c1c([2H])c([2H])c(-c2cccc(-c3c([2H])c([2H])c([2H])c([2H])c3[2H])c2[N+]2=C=[N+](c3cc(C(C)(C)C)cc(C(F)(F)c4ccc5c6cc(C)nc(C)c6n(-c6cc(C(C)(C)C)ccn6)c5c4)c3)c3ccccc32)c([2H])c1[2H]. The minimum absolute atomic E-state index is 0.0606. The lowest BCUT2D eigenvalue weighted by Gasteiger charge is -2.23. The van der Waals surface area contributed by atoms with Gasteiger partial charge in [0.15, 0.2) is 0 Å². The highest BCUT2D eigenvalue weighted by molar-refractivity contribution is 6.10. The largest absolute Gasteiger partial charge is 0.503 e. The molecule has 0 atom stereocenters. The van der Waals surface area contributed by atoms with Gasteiger partial charge < -0.3 is 0 Å². The van der Waals surface area contributed by atoms with Gasteiger partial charge in [0.2, 0.25) is 11.4 Å². The molecule has 0 saturated carbocycles. The van der Waals surface area contributed by atoms with Crippen LogP contribution in [-0.2, 0) is 16.8 Å². The minimum Gasteiger partial charge on any atom is -0.292 e. The summed E-state index contributed by atoms with van der Waals surface area (Å²) in [6.07, 6.45) is 1.74. The van der Waals surface area contributed by atoms with Crippen molar-refractivity contribution in [2.24, 2.45) is 0 Å². The maximum atomic E-state index is 18.0. The summed E-state index contributed by atoms with van der Waals surface area (Å²) in [6.45, 7) is 15.9. The van der Waals surface area contributed by atoms with Crippen LogP contribution in [-0.4, -0.2) is 20.5 Å². The van der Waals surface area contributed by atoms with E-state index in [1.54, 1.807) is 47.2 Å². The normalized spacial score (nSPS) is 15.2. The zero-order chi connectivity index (χ0) is 54.1. The Hall–Kier alpha value is -7.34. The smallest absolute Gasteiger partial charge is 0.292 e. The highest BCUT2D eigenvalue weighted by atomic mass is 19.3. The summed E-state index contributed by atoms with van der Waals surface area (Å²) in [6, 6.07) is 24.5. The number of pyridine rings is 2. The predicted octanol–water partition coefficient (Wildman–Crippen LogP) is 15.1. The van der Waals surface area contributed by atoms with Crippen molar-refractivity contribution in [3.05, 3.63) is 197 Å². The topological polar surface area (TPSA) is 36.7 Å². The summed E-state index contributed by atoms with van der Waals surface area (Å²) >= 11 is 0. The molecule has 3 aromatic heterocycles. The molecule has 0 amide bonds. The molecule has 1 aliphatic rings. The number of para-hydroxylation sites is 3. The number of aromatic nitrogens is 3. The molecule has 5 nitrogen and oxygen atoms in total. The molecule has 0 aliphatic carbocycles. The molecule has 320 valence electrons. The molecule has 0 N–H and O–H groups in total. The molecule has 0 bridgehead atoms. The third-order valence-corrected chi connectivity index (χ3v) is 12.0. The van der Waals surface area contributed by atoms with E-state index < -0.39 is 71.8 Å². The summed E-state index contributed by atoms with van der Waals surface area (Å²) < 4.78 is 129. The molecule has 65 heavy (non-hydrogen) atoms. The third kappa shape index (κ3) is 7.26. The summed E-state index contributed by atoms with van der Waals surface area (Å²) in [5.74, 6) is -3.03. The van der Waals surface area contributed by atoms with Crippen LogP contribution in [0.1, 0.15) is 88.9 Å². The van der Waals surface area contributed by atoms with E-state index in [-0.39, 0.29) is 50.2 Å². The van der Waals surface area contributed by atoms with Crippen LogP contribution < -0.4 is 9.15 Å². The van der Waals surface area contributed by atoms with Gasteiger partial charge in [-0.3, -0.25) is 9.55 Å². The fourth-order valence-electron chi connectivity index (χ4n) is 8.71. The van der Waals surface area contributed by atoms with Crippen molar-refractivity contribution >= 4 is 50.6 Å². The number of nitrogens with zero attached hydrogens (tertiary/aromatic N) is 5. The monoisotopic (exact) mass is 865 g/mol. The lowest BCUT2D eigenvalue weighted by molar-refractivity contribution is 0.0428. The zero-order valence-corrected chi connectivity index (χ0v) is 37.3. The van der Waals surface area contributed by atoms with Gasteiger partial charge >= 0.3 is 6.01 Å². The number of fused-ring (bicyclic) bond motifs is 4. The first-order valence-electron chi connectivity index (χ1n) is 26.4. The molecule has 1 aliphatic heterocycles. The molecule has 0 unspecified atom stereocenters. The number of halogens is 2. The second kappa shape index (κ2) is 15.4. The molecule has 0 fully saturated rings. The summed E-state index contributed by atoms with van der Waals surface area (Å²) in [4.78, 5) is 9.56. The summed E-state index contributed by atoms with van der Waals surface area (Å²) in [7, 11) is 0. The second-order valence-electron chi connectivity index (χ2n) is 18.5. The number of alkyl halides is 2. The van der Waals surface area contributed by atoms with Gasteiger partial charge in [-0.1, -0.05) is 132 Å². The lowest BCUT2D eigenvalue weighted by Crippen LogP contribution is -2.19. The molecule has 7 heteroatoms. The first kappa shape index (κ1) is 31.5. The van der Waals surface area contributed by atoms with Gasteiger partial charge in [-0.15, -0.1) is 0 Å². The van der Waals surface area contributed by atoms with Crippen LogP contribution in [0.2, 0.25) is 0 Å². The molecule has 10 rings (SSSR count). The minimum atomic E-state index is -3.60. The van der Waals surface area contributed by atoms with Gasteiger partial charge in [0, 0.05) is 58.1 Å². The first-order valence-corrected chi connectivity index (χ1v) is 21.4. The molecule has 0 saturated heterocycles. The van der Waals surface area contributed by atoms with Crippen LogP contribution >= 0.6 is 0 Å². The van der Waals surface area contributed by atoms with E-state index in [9.17, 15) is 0 Å². The Morgan fingerprint density at radius 2 is 1.22 bits per heavy atom. The van der Waals surface area contributed by atoms with Gasteiger partial charge in [-0.2, -0.15) is 8.78 Å². The average Bonchev–Trinajstić information content (AvgIpc) is 3.93. The number of aryl methyl sites for hydroxylation is 2. The van der Waals surface area contributed by atoms with Crippen LogP contribution in [0, 0.1) is 13.8 Å². The first-order chi connectivity index (χ1) is 35.2. The maximum absolute atomic E-state index is 18.0. The molecule has 0 radical (unpaired) electrons. The summed E-state index contributed by atoms with van der Waals surface area (Å²) in [5.41, 5.74) is 3.83. The second-order valence-corrected chi connectivity index (χ2v) is 18.5. The number of rotatable bonds is 7. The van der Waals surface area contributed by atoms with Gasteiger partial charge in [-0.25, -0.2) is 4.98 Å². The molecule has 6 aromatic carbocycles. The van der Waals surface area contributed by atoms with Crippen molar-refractivity contribution in [1.29, 1.82) is 0 Å². The van der Waals surface area contributed by atoms with Crippen molar-refractivity contribution in [3.8, 4) is 28.1 Å². The van der Waals surface area contributed by atoms with Crippen LogP contribution in [0.4, 0.5) is 31.5 Å². The van der Waals surface area contributed by atoms with Crippen LogP contribution in [0.15, 0.2) is 164 Å². The average molecular weight is 866 g/mol. The number of hydrogen-bond acceptors (Lipinski definition) is 2. The van der Waals surface area contributed by atoms with Crippen molar-refractivity contribution in [2.75, 3.05) is 0 Å². The molecule has 9 aromatic rings. The van der Waals surface area contributed by atoms with Crippen molar-refractivity contribution < 1.29 is 22.5 Å². The Morgan fingerprint density at radius 1 is 0.600 bits per heavy atom. The molecule has 0 spiro atoms. The van der Waals surface area contributed by atoms with E-state index in [0.29, 0.717) is 28.3 Å². The van der Waals surface area contributed by atoms with Crippen LogP contribution in [0.25, 0.3) is 49.9 Å². The zero-order valence-electron chi connectivity index (χ0n) is 47.3. The van der Waals surface area contributed by atoms with E-state index in [4.69, 9.17) is 23.7 Å². The quantitative estimate of drug-likeness (QED) is 0.150. The molecular formula is C58H51F2N5+2. The van der Waals surface area contributed by atoms with Crippen LogP contribution in [0.3, 0.4) is 0 Å². The van der Waals surface area contributed by atoms with E-state index in [0.717, 1.165) is 33.2 Å². The van der Waals surface area contributed by atoms with Gasteiger partial charge in [-0.05, 0) is 98.5 Å². The van der Waals surface area contributed by atoms with Gasteiger partial charge in [0.25, 0.3) is 17.3 Å². The fraction of sp³-hybridized carbons (Fsp3) is 0.190. The summed E-state index contributed by atoms with van der Waals surface area (Å²) in [5, 5.41) is 1.62. The predicted molar refractivity (Wildman–Crippen MR) is 264 cm³/mol. The maximum Gasteiger partial charge on any atom is 0.503 e. The Morgan fingerprint density at radius 3 is 1.85 bits per heavy atom. The highest BCUT2D eigenvalue weighted by Gasteiger charge is 2.42. The van der Waals surface area contributed by atoms with Crippen molar-refractivity contribution in [3.63, 3.8) is 0 Å². The molecular weight excluding hydrogens is 805 g/mol. The van der Waals surface area contributed by atoms with Gasteiger partial charge in [0.1, 0.15) is 5.82 Å². The molecule has 4 heterocycles. The van der Waals surface area contributed by atoms with Crippen LogP contribution in [0.5, 0.6) is 0 Å².